The molecule has 1 aliphatic heterocycles. The molecule has 35 heavy (non-hydrogen) atoms. The maximum Gasteiger partial charge on any atom is 0.490 e. The average molecular weight is 498 g/mol. The number of alkyl halides is 3. The van der Waals surface area contributed by atoms with Gasteiger partial charge in [-0.25, -0.2) is 9.59 Å². The molecule has 190 valence electrons. The van der Waals surface area contributed by atoms with Crippen molar-refractivity contribution in [2.75, 3.05) is 13.7 Å². The smallest absolute Gasteiger partial charge is 0.489 e. The monoisotopic (exact) mass is 498 g/mol. The van der Waals surface area contributed by atoms with Gasteiger partial charge in [0.25, 0.3) is 0 Å². The molecule has 0 spiro atoms. The number of fused-ring (bicyclic) bond motifs is 1. The van der Waals surface area contributed by atoms with Crippen LogP contribution in [0.5, 0.6) is 5.75 Å². The third-order valence-corrected chi connectivity index (χ3v) is 4.93. The Morgan fingerprint density at radius 2 is 1.80 bits per heavy atom. The molecule has 1 aliphatic rings. The Hall–Kier alpha value is -3.64. The lowest BCUT2D eigenvalue weighted by Crippen LogP contribution is -2.53. The number of carboxylic acids is 1. The van der Waals surface area contributed by atoms with Crippen molar-refractivity contribution in [2.45, 2.75) is 37.8 Å². The van der Waals surface area contributed by atoms with Crippen LogP contribution in [0, 0.1) is 0 Å². The highest BCUT2D eigenvalue weighted by Crippen LogP contribution is 2.23. The Morgan fingerprint density at radius 3 is 2.37 bits per heavy atom. The molecule has 1 amide bonds. The zero-order valence-electron chi connectivity index (χ0n) is 18.7. The van der Waals surface area contributed by atoms with Gasteiger partial charge in [-0.1, -0.05) is 36.4 Å². The number of aliphatic carboxylic acids is 1. The third kappa shape index (κ3) is 8.58. The Balaban J connectivity index is 0.000000540. The topological polar surface area (TPSA) is 134 Å². The number of hydrogen-bond donors (Lipinski definition) is 4. The van der Waals surface area contributed by atoms with E-state index in [9.17, 15) is 27.9 Å². The summed E-state index contributed by atoms with van der Waals surface area (Å²) >= 11 is 0. The van der Waals surface area contributed by atoms with Crippen molar-refractivity contribution in [1.29, 1.82) is 0 Å². The number of amides is 1. The molecule has 1 heterocycles. The van der Waals surface area contributed by atoms with Crippen molar-refractivity contribution in [1.82, 2.24) is 10.6 Å². The van der Waals surface area contributed by atoms with Gasteiger partial charge in [-0.2, -0.15) is 13.2 Å². The van der Waals surface area contributed by atoms with E-state index in [1.807, 2.05) is 48.5 Å². The highest BCUT2D eigenvalue weighted by molar-refractivity contribution is 5.88. The number of ether oxygens (including phenoxy) is 2. The summed E-state index contributed by atoms with van der Waals surface area (Å²) in [6, 6.07) is 14.2. The molecule has 9 nitrogen and oxygen atoms in total. The molecule has 1 unspecified atom stereocenters. The molecular formula is C23H25F3N2O7. The molecule has 0 saturated heterocycles. The Labute approximate surface area is 198 Å². The number of nitrogens with one attached hydrogen (secondary N) is 2. The van der Waals surface area contributed by atoms with Gasteiger partial charge in [0.2, 0.25) is 5.91 Å². The summed E-state index contributed by atoms with van der Waals surface area (Å²) in [5.41, 5.74) is 3.21. The highest BCUT2D eigenvalue weighted by atomic mass is 19.4. The number of rotatable bonds is 7. The van der Waals surface area contributed by atoms with Crippen LogP contribution in [0.3, 0.4) is 0 Å². The number of hydrogen-bond acceptors (Lipinski definition) is 7. The summed E-state index contributed by atoms with van der Waals surface area (Å²) in [6.45, 7) is 0.496. The van der Waals surface area contributed by atoms with E-state index in [1.54, 1.807) is 0 Å². The maximum absolute atomic E-state index is 12.4. The number of carbonyl (C=O) groups excluding carboxylic acids is 2. The molecule has 0 saturated carbocycles. The zero-order valence-corrected chi connectivity index (χ0v) is 18.7. The van der Waals surface area contributed by atoms with Gasteiger partial charge >= 0.3 is 18.1 Å². The fourth-order valence-electron chi connectivity index (χ4n) is 3.10. The lowest BCUT2D eigenvalue weighted by Gasteiger charge is -2.27. The van der Waals surface area contributed by atoms with Crippen LogP contribution >= 0.6 is 0 Å². The second-order valence-corrected chi connectivity index (χ2v) is 7.41. The van der Waals surface area contributed by atoms with Crippen LogP contribution in [0.25, 0.3) is 0 Å². The van der Waals surface area contributed by atoms with Gasteiger partial charge in [0.1, 0.15) is 12.4 Å². The van der Waals surface area contributed by atoms with Crippen LogP contribution in [0.4, 0.5) is 13.2 Å². The van der Waals surface area contributed by atoms with Crippen molar-refractivity contribution < 1.29 is 47.2 Å². The van der Waals surface area contributed by atoms with E-state index in [2.05, 4.69) is 15.4 Å². The summed E-state index contributed by atoms with van der Waals surface area (Å²) in [5, 5.41) is 22.0. The molecule has 0 radical (unpaired) electrons. The lowest BCUT2D eigenvalue weighted by atomic mass is 9.95. The average Bonchev–Trinajstić information content (AvgIpc) is 2.85. The summed E-state index contributed by atoms with van der Waals surface area (Å²) in [5.74, 6) is -3.00. The first-order chi connectivity index (χ1) is 16.5. The minimum absolute atomic E-state index is 0.348. The van der Waals surface area contributed by atoms with Crippen LogP contribution in [0.2, 0.25) is 0 Å². The van der Waals surface area contributed by atoms with Crippen molar-refractivity contribution in [3.63, 3.8) is 0 Å². The minimum Gasteiger partial charge on any atom is -0.489 e. The van der Waals surface area contributed by atoms with E-state index >= 15 is 0 Å². The van der Waals surface area contributed by atoms with Crippen molar-refractivity contribution in [3.8, 4) is 5.75 Å². The number of aliphatic hydroxyl groups excluding tert-OH is 1. The van der Waals surface area contributed by atoms with E-state index in [0.29, 0.717) is 19.6 Å². The van der Waals surface area contributed by atoms with E-state index < -0.39 is 36.8 Å². The molecule has 3 rings (SSSR count). The van der Waals surface area contributed by atoms with Crippen LogP contribution in [0.15, 0.2) is 48.5 Å². The predicted octanol–water partition coefficient (Wildman–Crippen LogP) is 1.56. The van der Waals surface area contributed by atoms with Gasteiger partial charge in [-0.15, -0.1) is 0 Å². The van der Waals surface area contributed by atoms with Gasteiger partial charge in [0.05, 0.1) is 19.8 Å². The van der Waals surface area contributed by atoms with Crippen molar-refractivity contribution in [2.24, 2.45) is 0 Å². The van der Waals surface area contributed by atoms with Crippen molar-refractivity contribution >= 4 is 17.8 Å². The van der Waals surface area contributed by atoms with Gasteiger partial charge < -0.3 is 30.3 Å². The number of carboxylic acid groups (broad SMARTS) is 1. The molecule has 2 atom stereocenters. The normalized spacial score (nSPS) is 15.5. The molecule has 0 aromatic heterocycles. The van der Waals surface area contributed by atoms with Crippen LogP contribution in [-0.4, -0.2) is 60.0 Å². The second kappa shape index (κ2) is 12.7. The molecule has 0 bridgehead atoms. The first-order valence-corrected chi connectivity index (χ1v) is 10.4. The zero-order chi connectivity index (χ0) is 26.0. The van der Waals surface area contributed by atoms with E-state index in [1.165, 1.54) is 7.11 Å². The Kier molecular flexibility index (Phi) is 10.0. The van der Waals surface area contributed by atoms with Gasteiger partial charge in [0, 0.05) is 6.54 Å². The summed E-state index contributed by atoms with van der Waals surface area (Å²) in [6.07, 6.45) is -4.60. The van der Waals surface area contributed by atoms with Crippen LogP contribution < -0.4 is 15.4 Å². The fourth-order valence-corrected chi connectivity index (χ4v) is 3.10. The Bertz CT molecular complexity index is 1020. The molecule has 12 heteroatoms. The Morgan fingerprint density at radius 1 is 1.14 bits per heavy atom. The van der Waals surface area contributed by atoms with E-state index in [-0.39, 0.29) is 5.91 Å². The number of aliphatic hydroxyl groups is 1. The van der Waals surface area contributed by atoms with Gasteiger partial charge in [0.15, 0.2) is 6.04 Å². The number of benzene rings is 2. The number of halogens is 3. The number of methoxy groups -OCH3 is 1. The predicted molar refractivity (Wildman–Crippen MR) is 116 cm³/mol. The van der Waals surface area contributed by atoms with E-state index in [4.69, 9.17) is 14.6 Å². The fraction of sp³-hybridized carbons (Fsp3) is 0.348. The standard InChI is InChI=1S/C21H24N2O5.C2HF3O2/c1-27-21(26)19(12-24)23-20(25)18-10-15-7-8-17(9-16(15)11-22-18)28-13-14-5-3-2-4-6-14;3-2(4,5)1(6)7/h2-9,18-19,22,24H,10-13H2,1H3,(H,23,25);(H,6,7)/t18?,19-;/m0./s1. The SMILES string of the molecule is COC(=O)[C@H](CO)NC(=O)C1Cc2ccc(OCc3ccccc3)cc2CN1.O=C(O)C(F)(F)F. The number of carbonyl (C=O) groups is 3. The molecule has 2 aromatic rings. The quantitative estimate of drug-likeness (QED) is 0.423. The largest absolute Gasteiger partial charge is 0.490 e. The summed E-state index contributed by atoms with van der Waals surface area (Å²) in [7, 11) is 1.21. The van der Waals surface area contributed by atoms with Crippen LogP contribution in [0.1, 0.15) is 16.7 Å². The minimum atomic E-state index is -5.08. The maximum atomic E-state index is 12.4. The lowest BCUT2D eigenvalue weighted by molar-refractivity contribution is -0.192. The molecule has 2 aromatic carbocycles. The molecule has 0 fully saturated rings. The molecule has 4 N–H and O–H groups in total. The van der Waals surface area contributed by atoms with Crippen LogP contribution in [-0.2, 0) is 38.7 Å². The first kappa shape index (κ1) is 27.6. The van der Waals surface area contributed by atoms with Crippen molar-refractivity contribution in [3.05, 3.63) is 65.2 Å². The summed E-state index contributed by atoms with van der Waals surface area (Å²) < 4.78 is 42.2. The summed E-state index contributed by atoms with van der Waals surface area (Å²) in [4.78, 5) is 32.8. The molecule has 0 aliphatic carbocycles. The first-order valence-electron chi connectivity index (χ1n) is 10.4. The third-order valence-electron chi connectivity index (χ3n) is 4.93. The molecular weight excluding hydrogens is 473 g/mol. The highest BCUT2D eigenvalue weighted by Gasteiger charge is 2.38. The van der Waals surface area contributed by atoms with Gasteiger partial charge in [-0.3, -0.25) is 4.79 Å². The second-order valence-electron chi connectivity index (χ2n) is 7.41. The van der Waals surface area contributed by atoms with Gasteiger partial charge in [-0.05, 0) is 35.2 Å². The number of esters is 1. The van der Waals surface area contributed by atoms with E-state index in [0.717, 1.165) is 22.4 Å².